The van der Waals surface area contributed by atoms with Crippen molar-refractivity contribution in [3.63, 3.8) is 0 Å². The minimum atomic E-state index is -1.09. The molecule has 2 rings (SSSR count). The van der Waals surface area contributed by atoms with Gasteiger partial charge in [0.05, 0.1) is 11.3 Å². The lowest BCUT2D eigenvalue weighted by Gasteiger charge is -2.10. The second-order valence-corrected chi connectivity index (χ2v) is 6.04. The molecular weight excluding hydrogens is 356 g/mol. The Hall–Kier alpha value is -1.86. The molecular formula is C14H13BrN2O3S. The molecule has 110 valence electrons. The predicted molar refractivity (Wildman–Crippen MR) is 86.0 cm³/mol. The monoisotopic (exact) mass is 368 g/mol. The summed E-state index contributed by atoms with van der Waals surface area (Å²) in [7, 11) is 0. The Morgan fingerprint density at radius 2 is 2.10 bits per heavy atom. The molecule has 0 spiro atoms. The Kier molecular flexibility index (Phi) is 4.98. The smallest absolute Gasteiger partial charge is 0.337 e. The first-order chi connectivity index (χ1) is 9.97. The van der Waals surface area contributed by atoms with E-state index < -0.39 is 12.0 Å². The zero-order chi connectivity index (χ0) is 15.4. The number of anilines is 1. The molecule has 21 heavy (non-hydrogen) atoms. The number of hydrogen-bond acceptors (Lipinski definition) is 3. The molecule has 0 aliphatic rings. The number of aromatic carboxylic acids is 1. The molecule has 0 saturated carbocycles. The molecule has 0 atom stereocenters. The van der Waals surface area contributed by atoms with Crippen LogP contribution in [0.2, 0.25) is 0 Å². The molecule has 0 aliphatic carbocycles. The van der Waals surface area contributed by atoms with Gasteiger partial charge in [0.15, 0.2) is 0 Å². The lowest BCUT2D eigenvalue weighted by atomic mass is 10.2. The van der Waals surface area contributed by atoms with Crippen LogP contribution >= 0.6 is 27.3 Å². The number of aryl methyl sites for hydroxylation is 1. The van der Waals surface area contributed by atoms with Gasteiger partial charge in [0.1, 0.15) is 0 Å². The van der Waals surface area contributed by atoms with Gasteiger partial charge in [-0.05, 0) is 47.0 Å². The predicted octanol–water partition coefficient (Wildman–Crippen LogP) is 3.84. The fourth-order valence-electron chi connectivity index (χ4n) is 1.72. The van der Waals surface area contributed by atoms with Crippen molar-refractivity contribution in [2.24, 2.45) is 0 Å². The fourth-order valence-corrected chi connectivity index (χ4v) is 2.93. The largest absolute Gasteiger partial charge is 0.478 e. The van der Waals surface area contributed by atoms with Gasteiger partial charge >= 0.3 is 12.0 Å². The molecule has 2 aromatic rings. The van der Waals surface area contributed by atoms with Crippen LogP contribution in [0, 0.1) is 6.92 Å². The van der Waals surface area contributed by atoms with E-state index in [1.165, 1.54) is 6.07 Å². The molecule has 0 saturated heterocycles. The van der Waals surface area contributed by atoms with Crippen LogP contribution in [0.25, 0.3) is 0 Å². The van der Waals surface area contributed by atoms with Crippen LogP contribution in [-0.2, 0) is 6.54 Å². The number of amides is 2. The second kappa shape index (κ2) is 6.73. The Morgan fingerprint density at radius 1 is 1.33 bits per heavy atom. The molecule has 1 aromatic carbocycles. The van der Waals surface area contributed by atoms with E-state index in [1.54, 1.807) is 23.5 Å². The van der Waals surface area contributed by atoms with Gasteiger partial charge in [0.2, 0.25) is 0 Å². The third-order valence-electron chi connectivity index (χ3n) is 2.86. The van der Waals surface area contributed by atoms with Crippen molar-refractivity contribution >= 4 is 45.0 Å². The highest BCUT2D eigenvalue weighted by Crippen LogP contribution is 2.21. The fraction of sp³-hybridized carbons (Fsp3) is 0.143. The summed E-state index contributed by atoms with van der Waals surface area (Å²) in [4.78, 5) is 23.0. The van der Waals surface area contributed by atoms with E-state index in [1.807, 2.05) is 17.7 Å². The molecule has 5 nitrogen and oxygen atoms in total. The third kappa shape index (κ3) is 4.05. The number of carboxylic acid groups (broad SMARTS) is 1. The first kappa shape index (κ1) is 15.5. The Balaban J connectivity index is 2.04. The molecule has 1 heterocycles. The maximum atomic E-state index is 11.9. The first-order valence-electron chi connectivity index (χ1n) is 6.06. The van der Waals surface area contributed by atoms with Crippen molar-refractivity contribution in [3.8, 4) is 0 Å². The molecule has 2 amide bonds. The average molecular weight is 369 g/mol. The van der Waals surface area contributed by atoms with Crippen LogP contribution in [0.4, 0.5) is 10.5 Å². The SMILES string of the molecule is Cc1cscc1CNC(=O)Nc1cc(Br)ccc1C(=O)O. The topological polar surface area (TPSA) is 78.4 Å². The van der Waals surface area contributed by atoms with Gasteiger partial charge in [-0.2, -0.15) is 11.3 Å². The standard InChI is InChI=1S/C14H13BrN2O3S/c1-8-6-21-7-9(8)5-16-14(20)17-12-4-10(15)2-3-11(12)13(18)19/h2-4,6-7H,5H2,1H3,(H,18,19)(H2,16,17,20). The van der Waals surface area contributed by atoms with E-state index in [0.717, 1.165) is 11.1 Å². The summed E-state index contributed by atoms with van der Waals surface area (Å²) in [5.41, 5.74) is 2.45. The van der Waals surface area contributed by atoms with Gasteiger partial charge in [0, 0.05) is 11.0 Å². The van der Waals surface area contributed by atoms with Crippen LogP contribution in [-0.4, -0.2) is 17.1 Å². The van der Waals surface area contributed by atoms with Crippen LogP contribution in [0.15, 0.2) is 33.4 Å². The Labute approximate surface area is 134 Å². The number of nitrogens with one attached hydrogen (secondary N) is 2. The summed E-state index contributed by atoms with van der Waals surface area (Å²) in [5.74, 6) is -1.09. The van der Waals surface area contributed by atoms with Crippen molar-refractivity contribution in [2.45, 2.75) is 13.5 Å². The number of carbonyl (C=O) groups is 2. The maximum absolute atomic E-state index is 11.9. The minimum absolute atomic E-state index is 0.0417. The summed E-state index contributed by atoms with van der Waals surface area (Å²) >= 11 is 4.83. The average Bonchev–Trinajstić information content (AvgIpc) is 2.81. The second-order valence-electron chi connectivity index (χ2n) is 4.38. The van der Waals surface area contributed by atoms with E-state index in [-0.39, 0.29) is 11.3 Å². The highest BCUT2D eigenvalue weighted by Gasteiger charge is 2.13. The number of carboxylic acids is 1. The van der Waals surface area contributed by atoms with E-state index in [9.17, 15) is 9.59 Å². The number of carbonyl (C=O) groups excluding carboxylic acids is 1. The van der Waals surface area contributed by atoms with Crippen LogP contribution in [0.3, 0.4) is 0 Å². The maximum Gasteiger partial charge on any atom is 0.337 e. The molecule has 3 N–H and O–H groups in total. The number of hydrogen-bond donors (Lipinski definition) is 3. The van der Waals surface area contributed by atoms with Gasteiger partial charge in [-0.15, -0.1) is 0 Å². The highest BCUT2D eigenvalue weighted by molar-refractivity contribution is 9.10. The highest BCUT2D eigenvalue weighted by atomic mass is 79.9. The normalized spacial score (nSPS) is 10.2. The Morgan fingerprint density at radius 3 is 2.71 bits per heavy atom. The molecule has 0 unspecified atom stereocenters. The summed E-state index contributed by atoms with van der Waals surface area (Å²) in [5, 5.41) is 18.3. The van der Waals surface area contributed by atoms with E-state index in [2.05, 4.69) is 26.6 Å². The number of thiophene rings is 1. The van der Waals surface area contributed by atoms with E-state index >= 15 is 0 Å². The van der Waals surface area contributed by atoms with E-state index in [4.69, 9.17) is 5.11 Å². The van der Waals surface area contributed by atoms with Crippen LogP contribution in [0.5, 0.6) is 0 Å². The first-order valence-corrected chi connectivity index (χ1v) is 7.80. The minimum Gasteiger partial charge on any atom is -0.478 e. The molecule has 0 bridgehead atoms. The van der Waals surface area contributed by atoms with Gasteiger partial charge in [-0.1, -0.05) is 15.9 Å². The third-order valence-corrected chi connectivity index (χ3v) is 4.26. The number of halogens is 1. The zero-order valence-electron chi connectivity index (χ0n) is 11.1. The zero-order valence-corrected chi connectivity index (χ0v) is 13.5. The number of urea groups is 1. The molecule has 0 radical (unpaired) electrons. The molecule has 1 aromatic heterocycles. The number of benzene rings is 1. The quantitative estimate of drug-likeness (QED) is 0.766. The van der Waals surface area contributed by atoms with Gasteiger partial charge in [0.25, 0.3) is 0 Å². The van der Waals surface area contributed by atoms with Crippen LogP contribution in [0.1, 0.15) is 21.5 Å². The van der Waals surface area contributed by atoms with E-state index in [0.29, 0.717) is 11.0 Å². The summed E-state index contributed by atoms with van der Waals surface area (Å²) in [6.07, 6.45) is 0. The Bertz CT molecular complexity index is 685. The summed E-state index contributed by atoms with van der Waals surface area (Å²) in [6, 6.07) is 4.16. The molecule has 0 aliphatic heterocycles. The number of rotatable bonds is 4. The lowest BCUT2D eigenvalue weighted by Crippen LogP contribution is -2.29. The van der Waals surface area contributed by atoms with Crippen molar-refractivity contribution in [1.29, 1.82) is 0 Å². The summed E-state index contributed by atoms with van der Waals surface area (Å²) < 4.78 is 0.691. The van der Waals surface area contributed by atoms with Crippen molar-refractivity contribution in [2.75, 3.05) is 5.32 Å². The van der Waals surface area contributed by atoms with Gasteiger partial charge in [-0.3, -0.25) is 0 Å². The van der Waals surface area contributed by atoms with Gasteiger partial charge < -0.3 is 15.7 Å². The molecule has 7 heteroatoms. The lowest BCUT2D eigenvalue weighted by molar-refractivity contribution is 0.0698. The van der Waals surface area contributed by atoms with Crippen LogP contribution < -0.4 is 10.6 Å². The van der Waals surface area contributed by atoms with Crippen molar-refractivity contribution in [1.82, 2.24) is 5.32 Å². The molecule has 0 fully saturated rings. The summed E-state index contributed by atoms with van der Waals surface area (Å²) in [6.45, 7) is 2.37. The van der Waals surface area contributed by atoms with Gasteiger partial charge in [-0.25, -0.2) is 9.59 Å². The van der Waals surface area contributed by atoms with Crippen molar-refractivity contribution in [3.05, 3.63) is 50.1 Å². The van der Waals surface area contributed by atoms with Crippen molar-refractivity contribution < 1.29 is 14.7 Å².